The third-order valence-electron chi connectivity index (χ3n) is 5.92. The van der Waals surface area contributed by atoms with Crippen LogP contribution in [0.15, 0.2) is 46.4 Å². The van der Waals surface area contributed by atoms with Crippen molar-refractivity contribution in [3.63, 3.8) is 0 Å². The van der Waals surface area contributed by atoms with E-state index >= 15 is 0 Å². The van der Waals surface area contributed by atoms with Gasteiger partial charge in [0.1, 0.15) is 5.71 Å². The molecule has 0 aromatic heterocycles. The molecule has 0 bridgehead atoms. The van der Waals surface area contributed by atoms with E-state index in [0.717, 1.165) is 11.1 Å². The van der Waals surface area contributed by atoms with Crippen molar-refractivity contribution < 1.29 is 22.7 Å². The van der Waals surface area contributed by atoms with Gasteiger partial charge in [-0.15, -0.1) is 0 Å². The summed E-state index contributed by atoms with van der Waals surface area (Å²) in [4.78, 5) is 25.7. The number of sulfonamides is 1. The van der Waals surface area contributed by atoms with E-state index in [1.807, 2.05) is 32.0 Å². The van der Waals surface area contributed by atoms with Crippen LogP contribution in [-0.4, -0.2) is 56.6 Å². The van der Waals surface area contributed by atoms with E-state index in [1.54, 1.807) is 19.1 Å². The van der Waals surface area contributed by atoms with Crippen molar-refractivity contribution in [1.82, 2.24) is 4.31 Å². The summed E-state index contributed by atoms with van der Waals surface area (Å²) in [5.74, 6) is -0.652. The number of nitrogens with zero attached hydrogens (tertiary/aromatic N) is 3. The van der Waals surface area contributed by atoms with Gasteiger partial charge in [-0.25, -0.2) is 13.4 Å². The molecule has 0 unspecified atom stereocenters. The number of benzene rings is 2. The summed E-state index contributed by atoms with van der Waals surface area (Å²) in [5, 5.41) is 8.38. The van der Waals surface area contributed by atoms with Gasteiger partial charge in [-0.1, -0.05) is 18.2 Å². The number of aryl methyl sites for hydroxylation is 3. The van der Waals surface area contributed by atoms with Gasteiger partial charge in [-0.05, 0) is 55.7 Å². The Morgan fingerprint density at radius 3 is 2.44 bits per heavy atom. The summed E-state index contributed by atoms with van der Waals surface area (Å²) in [6.45, 7) is 6.81. The predicted octanol–water partition coefficient (Wildman–Crippen LogP) is 2.75. The number of morpholine rings is 1. The van der Waals surface area contributed by atoms with Gasteiger partial charge in [0.15, 0.2) is 0 Å². The van der Waals surface area contributed by atoms with Crippen LogP contribution in [0.25, 0.3) is 0 Å². The highest BCUT2D eigenvalue weighted by Gasteiger charge is 2.29. The number of hydrogen-bond acceptors (Lipinski definition) is 6. The third kappa shape index (κ3) is 4.89. The lowest BCUT2D eigenvalue weighted by atomic mass is 10.1. The normalized spacial score (nSPS) is 17.4. The summed E-state index contributed by atoms with van der Waals surface area (Å²) in [7, 11) is -3.72. The molecule has 2 amide bonds. The molecule has 2 aromatic carbocycles. The Morgan fingerprint density at radius 2 is 1.71 bits per heavy atom. The molecule has 2 aliphatic heterocycles. The van der Waals surface area contributed by atoms with Crippen molar-refractivity contribution >= 4 is 38.9 Å². The molecule has 4 rings (SSSR count). The second-order valence-electron chi connectivity index (χ2n) is 8.49. The largest absolute Gasteiger partial charge is 0.379 e. The van der Waals surface area contributed by atoms with Crippen LogP contribution in [0.3, 0.4) is 0 Å². The van der Waals surface area contributed by atoms with Crippen molar-refractivity contribution in [2.45, 2.75) is 38.5 Å². The van der Waals surface area contributed by atoms with E-state index in [1.165, 1.54) is 15.4 Å². The average molecular weight is 485 g/mol. The van der Waals surface area contributed by atoms with Crippen LogP contribution in [0.2, 0.25) is 0 Å². The van der Waals surface area contributed by atoms with Crippen molar-refractivity contribution in [3.8, 4) is 0 Å². The van der Waals surface area contributed by atoms with Gasteiger partial charge >= 0.3 is 0 Å². The summed E-state index contributed by atoms with van der Waals surface area (Å²) in [5.41, 5.74) is 3.64. The summed E-state index contributed by atoms with van der Waals surface area (Å²) < 4.78 is 32.9. The minimum Gasteiger partial charge on any atom is -0.379 e. The monoisotopic (exact) mass is 484 g/mol. The first kappa shape index (κ1) is 24.1. The lowest BCUT2D eigenvalue weighted by Gasteiger charge is -2.27. The summed E-state index contributed by atoms with van der Waals surface area (Å²) in [6.07, 6.45) is 0.362. The molecule has 1 saturated heterocycles. The second-order valence-corrected chi connectivity index (χ2v) is 10.4. The standard InChI is InChI=1S/C24H28N4O5S/c1-16-4-5-17(2)21(14-16)28-23(29)9-8-20(26-28)24(30)25-19-7-6-18(3)22(15-19)34(31,32)27-10-12-33-13-11-27/h4-7,14-15H,8-13H2,1-3H3,(H,25,30). The molecule has 0 aliphatic carbocycles. The number of nitrogens with one attached hydrogen (secondary N) is 1. The minimum atomic E-state index is -3.72. The fourth-order valence-corrected chi connectivity index (χ4v) is 5.60. The maximum absolute atomic E-state index is 13.1. The van der Waals surface area contributed by atoms with Crippen LogP contribution < -0.4 is 10.3 Å². The SMILES string of the molecule is Cc1ccc(C)c(N2N=C(C(=O)Nc3ccc(C)c(S(=O)(=O)N4CCOCC4)c3)CCC2=O)c1. The number of hydrazone groups is 1. The van der Waals surface area contributed by atoms with Gasteiger partial charge in [0, 0.05) is 31.6 Å². The first-order valence-corrected chi connectivity index (χ1v) is 12.6. The highest BCUT2D eigenvalue weighted by Crippen LogP contribution is 2.27. The maximum atomic E-state index is 13.1. The molecule has 180 valence electrons. The highest BCUT2D eigenvalue weighted by atomic mass is 32.2. The number of amides is 2. The van der Waals surface area contributed by atoms with E-state index in [2.05, 4.69) is 10.4 Å². The Morgan fingerprint density at radius 1 is 1.00 bits per heavy atom. The van der Waals surface area contributed by atoms with E-state index in [-0.39, 0.29) is 42.4 Å². The van der Waals surface area contributed by atoms with Gasteiger partial charge < -0.3 is 10.1 Å². The molecule has 34 heavy (non-hydrogen) atoms. The fourth-order valence-electron chi connectivity index (χ4n) is 3.94. The van der Waals surface area contributed by atoms with Crippen molar-refractivity contribution in [2.75, 3.05) is 36.6 Å². The van der Waals surface area contributed by atoms with Crippen LogP contribution in [-0.2, 0) is 24.3 Å². The summed E-state index contributed by atoms with van der Waals surface area (Å²) in [6, 6.07) is 10.5. The number of carbonyl (C=O) groups excluding carboxylic acids is 2. The van der Waals surface area contributed by atoms with E-state index in [9.17, 15) is 18.0 Å². The van der Waals surface area contributed by atoms with Crippen LogP contribution in [0.5, 0.6) is 0 Å². The predicted molar refractivity (Wildman–Crippen MR) is 129 cm³/mol. The van der Waals surface area contributed by atoms with Gasteiger partial charge in [0.25, 0.3) is 5.91 Å². The number of anilines is 2. The Kier molecular flexibility index (Phi) is 6.83. The molecule has 0 spiro atoms. The molecule has 1 fully saturated rings. The molecular weight excluding hydrogens is 456 g/mol. The third-order valence-corrected chi connectivity index (χ3v) is 7.96. The van der Waals surface area contributed by atoms with Gasteiger partial charge in [0.05, 0.1) is 23.8 Å². The molecule has 10 heteroatoms. The number of carbonyl (C=O) groups is 2. The molecule has 2 aromatic rings. The number of hydrogen-bond donors (Lipinski definition) is 1. The second kappa shape index (κ2) is 9.65. The van der Waals surface area contributed by atoms with Gasteiger partial charge in [-0.3, -0.25) is 9.59 Å². The zero-order chi connectivity index (χ0) is 24.5. The first-order valence-electron chi connectivity index (χ1n) is 11.1. The molecule has 2 aliphatic rings. The van der Waals surface area contributed by atoms with Crippen molar-refractivity contribution in [1.29, 1.82) is 0 Å². The van der Waals surface area contributed by atoms with Gasteiger partial charge in [0.2, 0.25) is 15.9 Å². The Balaban J connectivity index is 1.58. The van der Waals surface area contributed by atoms with E-state index in [0.29, 0.717) is 30.2 Å². The van der Waals surface area contributed by atoms with Crippen molar-refractivity contribution in [2.24, 2.45) is 5.10 Å². The fraction of sp³-hybridized carbons (Fsp3) is 0.375. The summed E-state index contributed by atoms with van der Waals surface area (Å²) >= 11 is 0. The average Bonchev–Trinajstić information content (AvgIpc) is 2.82. The Bertz CT molecular complexity index is 1270. The minimum absolute atomic E-state index is 0.143. The highest BCUT2D eigenvalue weighted by molar-refractivity contribution is 7.89. The number of ether oxygens (including phenoxy) is 1. The molecule has 9 nitrogen and oxygen atoms in total. The lowest BCUT2D eigenvalue weighted by molar-refractivity contribution is -0.118. The van der Waals surface area contributed by atoms with Gasteiger partial charge in [-0.2, -0.15) is 9.41 Å². The van der Waals surface area contributed by atoms with Crippen LogP contribution in [0, 0.1) is 20.8 Å². The zero-order valence-corrected chi connectivity index (χ0v) is 20.3. The molecule has 2 heterocycles. The van der Waals surface area contributed by atoms with Crippen LogP contribution >= 0.6 is 0 Å². The maximum Gasteiger partial charge on any atom is 0.271 e. The molecule has 1 N–H and O–H groups in total. The van der Waals surface area contributed by atoms with E-state index in [4.69, 9.17) is 4.74 Å². The Hall–Kier alpha value is -3.08. The molecular formula is C24H28N4O5S. The molecule has 0 atom stereocenters. The molecule has 0 radical (unpaired) electrons. The molecule has 0 saturated carbocycles. The smallest absolute Gasteiger partial charge is 0.271 e. The zero-order valence-electron chi connectivity index (χ0n) is 19.5. The first-order chi connectivity index (χ1) is 16.2. The number of rotatable bonds is 5. The topological polar surface area (TPSA) is 108 Å². The quantitative estimate of drug-likeness (QED) is 0.702. The van der Waals surface area contributed by atoms with Crippen LogP contribution in [0.4, 0.5) is 11.4 Å². The lowest BCUT2D eigenvalue weighted by Crippen LogP contribution is -2.40. The Labute approximate surface area is 199 Å². The van der Waals surface area contributed by atoms with E-state index < -0.39 is 15.9 Å². The van der Waals surface area contributed by atoms with Crippen molar-refractivity contribution in [3.05, 3.63) is 53.1 Å². The van der Waals surface area contributed by atoms with Crippen LogP contribution in [0.1, 0.15) is 29.5 Å².